The van der Waals surface area contributed by atoms with E-state index in [1.807, 2.05) is 74.5 Å². The van der Waals surface area contributed by atoms with Crippen LogP contribution in [-0.2, 0) is 4.79 Å². The Kier molecular flexibility index (Phi) is 5.57. The second-order valence-corrected chi connectivity index (χ2v) is 9.72. The number of para-hydroxylation sites is 2. The maximum absolute atomic E-state index is 13.8. The first-order valence-corrected chi connectivity index (χ1v) is 12.2. The fourth-order valence-electron chi connectivity index (χ4n) is 3.88. The second kappa shape index (κ2) is 8.52. The Hall–Kier alpha value is -2.96. The molecule has 1 fully saturated rings. The Morgan fingerprint density at radius 2 is 1.69 bits per heavy atom. The van der Waals surface area contributed by atoms with Crippen molar-refractivity contribution in [3.8, 4) is 0 Å². The average molecular weight is 458 g/mol. The lowest BCUT2D eigenvalue weighted by molar-refractivity contribution is -0.113. The molecule has 2 heterocycles. The molecule has 0 radical (unpaired) electrons. The molecule has 4 nitrogen and oxygen atoms in total. The van der Waals surface area contributed by atoms with E-state index in [-0.39, 0.29) is 5.91 Å². The Morgan fingerprint density at radius 3 is 2.47 bits per heavy atom. The third kappa shape index (κ3) is 3.63. The Labute approximate surface area is 197 Å². The number of hydrogen-bond donors (Lipinski definition) is 0. The number of aliphatic imine (C=N–C) groups is 1. The molecular weight excluding hydrogens is 434 g/mol. The van der Waals surface area contributed by atoms with E-state index in [9.17, 15) is 4.79 Å². The molecule has 5 rings (SSSR count). The Morgan fingerprint density at radius 1 is 0.906 bits per heavy atom. The lowest BCUT2D eigenvalue weighted by Gasteiger charge is -2.19. The predicted octanol–water partition coefficient (Wildman–Crippen LogP) is 6.87. The van der Waals surface area contributed by atoms with Crippen molar-refractivity contribution >= 4 is 51.7 Å². The van der Waals surface area contributed by atoms with Crippen LogP contribution in [0.15, 0.2) is 92.6 Å². The number of thioether (sulfide) groups is 2. The lowest BCUT2D eigenvalue weighted by Crippen LogP contribution is -2.29. The lowest BCUT2D eigenvalue weighted by atomic mass is 10.2. The van der Waals surface area contributed by atoms with Crippen LogP contribution in [0.4, 0.5) is 17.1 Å². The number of anilines is 2. The van der Waals surface area contributed by atoms with Gasteiger partial charge in [-0.25, -0.2) is 4.99 Å². The molecule has 2 aliphatic heterocycles. The van der Waals surface area contributed by atoms with Gasteiger partial charge in [0.15, 0.2) is 5.17 Å². The number of aryl methyl sites for hydroxylation is 2. The van der Waals surface area contributed by atoms with Crippen LogP contribution in [0.5, 0.6) is 0 Å². The number of fused-ring (bicyclic) bond motifs is 1. The molecule has 0 aliphatic carbocycles. The van der Waals surface area contributed by atoms with Gasteiger partial charge in [-0.3, -0.25) is 9.69 Å². The molecule has 1 amide bonds. The Balaban J connectivity index is 1.65. The van der Waals surface area contributed by atoms with E-state index in [4.69, 9.17) is 4.99 Å². The molecule has 0 aromatic heterocycles. The van der Waals surface area contributed by atoms with Gasteiger partial charge in [0, 0.05) is 11.4 Å². The average Bonchev–Trinajstić information content (AvgIpc) is 3.32. The number of amides is 1. The van der Waals surface area contributed by atoms with Gasteiger partial charge in [0.2, 0.25) is 0 Å². The highest BCUT2D eigenvalue weighted by Crippen LogP contribution is 2.51. The molecule has 3 aromatic carbocycles. The molecule has 32 heavy (non-hydrogen) atoms. The first-order valence-electron chi connectivity index (χ1n) is 10.6. The van der Waals surface area contributed by atoms with E-state index in [0.717, 1.165) is 44.7 Å². The zero-order valence-electron chi connectivity index (χ0n) is 18.2. The van der Waals surface area contributed by atoms with Crippen molar-refractivity contribution < 1.29 is 4.79 Å². The summed E-state index contributed by atoms with van der Waals surface area (Å²) in [4.78, 5) is 24.7. The van der Waals surface area contributed by atoms with Crippen LogP contribution in [0.25, 0.3) is 0 Å². The largest absolute Gasteiger partial charge is 0.334 e. The zero-order chi connectivity index (χ0) is 22.2. The van der Waals surface area contributed by atoms with Crippen molar-refractivity contribution in [2.75, 3.05) is 16.3 Å². The number of benzene rings is 3. The number of nitrogens with zero attached hydrogens (tertiary/aromatic N) is 3. The van der Waals surface area contributed by atoms with Gasteiger partial charge in [0.25, 0.3) is 5.91 Å². The quantitative estimate of drug-likeness (QED) is 0.402. The number of carbonyl (C=O) groups excluding carboxylic acids is 1. The van der Waals surface area contributed by atoms with Crippen LogP contribution < -0.4 is 9.80 Å². The fourth-order valence-corrected chi connectivity index (χ4v) is 6.27. The van der Waals surface area contributed by atoms with E-state index >= 15 is 0 Å². The zero-order valence-corrected chi connectivity index (χ0v) is 19.8. The maximum Gasteiger partial charge on any atom is 0.274 e. The van der Waals surface area contributed by atoms with Gasteiger partial charge in [0.1, 0.15) is 9.93 Å². The van der Waals surface area contributed by atoms with Crippen LogP contribution >= 0.6 is 23.5 Å². The highest BCUT2D eigenvalue weighted by Gasteiger charge is 2.40. The van der Waals surface area contributed by atoms with Crippen molar-refractivity contribution in [3.05, 3.63) is 93.9 Å². The number of rotatable bonds is 3. The molecule has 0 spiro atoms. The molecule has 0 N–H and O–H groups in total. The van der Waals surface area contributed by atoms with Crippen molar-refractivity contribution in [3.63, 3.8) is 0 Å². The first kappa shape index (κ1) is 20.9. The van der Waals surface area contributed by atoms with E-state index < -0.39 is 0 Å². The fraction of sp³-hybridized carbons (Fsp3) is 0.154. The summed E-state index contributed by atoms with van der Waals surface area (Å²) in [5.41, 5.74) is 5.06. The summed E-state index contributed by atoms with van der Waals surface area (Å²) in [5.74, 6) is -0.0262. The van der Waals surface area contributed by atoms with Crippen molar-refractivity contribution in [2.24, 2.45) is 4.99 Å². The monoisotopic (exact) mass is 457 g/mol. The van der Waals surface area contributed by atoms with Gasteiger partial charge >= 0.3 is 0 Å². The number of carbonyl (C=O) groups is 1. The molecule has 0 unspecified atom stereocenters. The summed E-state index contributed by atoms with van der Waals surface area (Å²) >= 11 is 3.13. The van der Waals surface area contributed by atoms with Crippen molar-refractivity contribution in [2.45, 2.75) is 25.7 Å². The van der Waals surface area contributed by atoms with Gasteiger partial charge in [-0.1, -0.05) is 54.2 Å². The number of amidine groups is 1. The summed E-state index contributed by atoms with van der Waals surface area (Å²) in [6.07, 6.45) is 0. The minimum absolute atomic E-state index is 0.0262. The van der Waals surface area contributed by atoms with Crippen LogP contribution in [-0.4, -0.2) is 17.6 Å². The highest BCUT2D eigenvalue weighted by molar-refractivity contribution is 8.20. The van der Waals surface area contributed by atoms with Gasteiger partial charge < -0.3 is 4.90 Å². The molecule has 0 bridgehead atoms. The standard InChI is InChI=1S/C26H23N3OS2/c1-4-28-21-14-7-8-15-22(21)31-25(28)23-24(30)29(19-12-9-10-17(2)16-19)26(32-23)27-20-13-6-5-11-18(20)3/h5-16H,4H2,1-3H3/b25-23-,27-26?. The second-order valence-electron chi connectivity index (χ2n) is 7.71. The van der Waals surface area contributed by atoms with Crippen molar-refractivity contribution in [1.29, 1.82) is 0 Å². The molecule has 0 atom stereocenters. The van der Waals surface area contributed by atoms with Crippen molar-refractivity contribution in [1.82, 2.24) is 0 Å². The Bertz CT molecular complexity index is 1280. The number of hydrogen-bond acceptors (Lipinski definition) is 5. The van der Waals surface area contributed by atoms with Gasteiger partial charge in [-0.05, 0) is 74.0 Å². The van der Waals surface area contributed by atoms with E-state index in [2.05, 4.69) is 24.0 Å². The highest BCUT2D eigenvalue weighted by atomic mass is 32.2. The molecule has 2 aliphatic rings. The SMILES string of the molecule is CCN1/C(=C2/SC(=Nc3ccccc3C)N(c3cccc(C)c3)C2=O)Sc2ccccc21. The minimum Gasteiger partial charge on any atom is -0.334 e. The van der Waals surface area contributed by atoms with Gasteiger partial charge in [0.05, 0.1) is 17.1 Å². The molecular formula is C26H23N3OS2. The van der Waals surface area contributed by atoms with E-state index in [0.29, 0.717) is 5.17 Å². The van der Waals surface area contributed by atoms with Crippen LogP contribution in [0.1, 0.15) is 18.1 Å². The normalized spacial score (nSPS) is 19.2. The molecule has 1 saturated heterocycles. The third-order valence-electron chi connectivity index (χ3n) is 5.49. The van der Waals surface area contributed by atoms with Gasteiger partial charge in [-0.15, -0.1) is 0 Å². The summed E-state index contributed by atoms with van der Waals surface area (Å²) in [7, 11) is 0. The van der Waals surface area contributed by atoms with Crippen LogP contribution in [0, 0.1) is 13.8 Å². The molecule has 0 saturated carbocycles. The molecule has 3 aromatic rings. The van der Waals surface area contributed by atoms with Crippen LogP contribution in [0.3, 0.4) is 0 Å². The van der Waals surface area contributed by atoms with Gasteiger partial charge in [-0.2, -0.15) is 0 Å². The summed E-state index contributed by atoms with van der Waals surface area (Å²) in [6.45, 7) is 7.00. The third-order valence-corrected chi connectivity index (χ3v) is 7.83. The molecule has 160 valence electrons. The smallest absolute Gasteiger partial charge is 0.274 e. The van der Waals surface area contributed by atoms with E-state index in [1.54, 1.807) is 16.7 Å². The first-order chi connectivity index (χ1) is 15.6. The summed E-state index contributed by atoms with van der Waals surface area (Å²) in [6, 6.07) is 24.4. The minimum atomic E-state index is -0.0262. The van der Waals surface area contributed by atoms with E-state index in [1.165, 1.54) is 16.7 Å². The summed E-state index contributed by atoms with van der Waals surface area (Å²) < 4.78 is 0. The topological polar surface area (TPSA) is 35.9 Å². The van der Waals surface area contributed by atoms with Crippen LogP contribution in [0.2, 0.25) is 0 Å². The maximum atomic E-state index is 13.8. The molecule has 6 heteroatoms. The summed E-state index contributed by atoms with van der Waals surface area (Å²) in [5, 5.41) is 1.67. The predicted molar refractivity (Wildman–Crippen MR) is 137 cm³/mol.